The third-order valence-corrected chi connectivity index (χ3v) is 2.44. The minimum Gasteiger partial charge on any atom is -0.368 e. The first kappa shape index (κ1) is 12.7. The van der Waals surface area contributed by atoms with Gasteiger partial charge in [-0.1, -0.05) is 44.2 Å². The van der Waals surface area contributed by atoms with Gasteiger partial charge < -0.3 is 11.1 Å². The third-order valence-electron chi connectivity index (χ3n) is 2.44. The number of hydrogen-bond donors (Lipinski definition) is 2. The van der Waals surface area contributed by atoms with E-state index < -0.39 is 0 Å². The van der Waals surface area contributed by atoms with E-state index in [0.717, 1.165) is 12.8 Å². The van der Waals surface area contributed by atoms with E-state index in [-0.39, 0.29) is 18.0 Å². The summed E-state index contributed by atoms with van der Waals surface area (Å²) in [5, 5.41) is 3.17. The minimum atomic E-state index is -0.273. The van der Waals surface area contributed by atoms with Gasteiger partial charge in [0.2, 0.25) is 5.91 Å². The Balaban J connectivity index is 2.47. The Hall–Kier alpha value is -1.35. The van der Waals surface area contributed by atoms with Crippen molar-refractivity contribution in [1.29, 1.82) is 0 Å². The summed E-state index contributed by atoms with van der Waals surface area (Å²) in [5.41, 5.74) is 6.58. The van der Waals surface area contributed by atoms with Crippen molar-refractivity contribution in [3.05, 3.63) is 35.9 Å². The maximum Gasteiger partial charge on any atom is 0.234 e. The summed E-state index contributed by atoms with van der Waals surface area (Å²) in [6.07, 6.45) is 1.62. The molecule has 1 aromatic rings. The molecule has 0 unspecified atom stereocenters. The molecule has 0 saturated heterocycles. The summed E-state index contributed by atoms with van der Waals surface area (Å²) < 4.78 is 0. The van der Waals surface area contributed by atoms with Crippen LogP contribution in [0.3, 0.4) is 0 Å². The Morgan fingerprint density at radius 1 is 1.31 bits per heavy atom. The molecule has 3 N–H and O–H groups in total. The number of hydrogen-bond acceptors (Lipinski definition) is 2. The zero-order chi connectivity index (χ0) is 12.0. The number of benzene rings is 1. The van der Waals surface area contributed by atoms with Crippen molar-refractivity contribution in [3.8, 4) is 0 Å². The molecular weight excluding hydrogens is 200 g/mol. The summed E-state index contributed by atoms with van der Waals surface area (Å²) in [4.78, 5) is 11.2. The van der Waals surface area contributed by atoms with E-state index in [0.29, 0.717) is 0 Å². The summed E-state index contributed by atoms with van der Waals surface area (Å²) in [6, 6.07) is 10.2. The maximum absolute atomic E-state index is 11.2. The first-order chi connectivity index (χ1) is 7.59. The Kier molecular flexibility index (Phi) is 4.99. The highest BCUT2D eigenvalue weighted by molar-refractivity contribution is 5.79. The van der Waals surface area contributed by atoms with Gasteiger partial charge in [0.25, 0.3) is 0 Å². The largest absolute Gasteiger partial charge is 0.368 e. The van der Waals surface area contributed by atoms with E-state index in [2.05, 4.69) is 17.4 Å². The zero-order valence-corrected chi connectivity index (χ0v) is 9.94. The van der Waals surface area contributed by atoms with Gasteiger partial charge in [0, 0.05) is 6.04 Å². The van der Waals surface area contributed by atoms with E-state index in [9.17, 15) is 4.79 Å². The Morgan fingerprint density at radius 3 is 2.44 bits per heavy atom. The number of carbonyl (C=O) groups is 1. The van der Waals surface area contributed by atoms with Gasteiger partial charge in [-0.15, -0.1) is 0 Å². The van der Waals surface area contributed by atoms with Crippen molar-refractivity contribution in [1.82, 2.24) is 5.32 Å². The molecule has 1 rings (SSSR count). The molecule has 1 amide bonds. The lowest BCUT2D eigenvalue weighted by Gasteiger charge is -2.17. The van der Waals surface area contributed by atoms with E-state index in [1.165, 1.54) is 5.56 Å². The van der Waals surface area contributed by atoms with Crippen molar-refractivity contribution in [2.75, 3.05) is 0 Å². The number of amides is 1. The molecule has 0 fully saturated rings. The Bertz CT molecular complexity index is 322. The summed E-state index contributed by atoms with van der Waals surface area (Å²) in [5.74, 6) is -0.273. The fourth-order valence-electron chi connectivity index (χ4n) is 1.67. The van der Waals surface area contributed by atoms with Crippen LogP contribution in [0.5, 0.6) is 0 Å². The predicted octanol–water partition coefficient (Wildman–Crippen LogP) is 1.47. The standard InChI is InChI=1S/C13H20N2O/c1-10(2)15-12(13(14)16)9-8-11-6-4-3-5-7-11/h3-7,10,12,15H,8-9H2,1-2H3,(H2,14,16)/t12-/m1/s1. The van der Waals surface area contributed by atoms with Crippen LogP contribution in [0.4, 0.5) is 0 Å². The lowest BCUT2D eigenvalue weighted by atomic mass is 10.0. The number of nitrogens with two attached hydrogens (primary N) is 1. The van der Waals surface area contributed by atoms with Gasteiger partial charge in [-0.05, 0) is 18.4 Å². The van der Waals surface area contributed by atoms with Gasteiger partial charge >= 0.3 is 0 Å². The minimum absolute atomic E-state index is 0.236. The average molecular weight is 220 g/mol. The number of rotatable bonds is 6. The fourth-order valence-corrected chi connectivity index (χ4v) is 1.67. The summed E-state index contributed by atoms with van der Waals surface area (Å²) in [7, 11) is 0. The highest BCUT2D eigenvalue weighted by Gasteiger charge is 2.15. The Labute approximate surface area is 97.0 Å². The van der Waals surface area contributed by atoms with Gasteiger partial charge in [0.15, 0.2) is 0 Å². The summed E-state index contributed by atoms with van der Waals surface area (Å²) >= 11 is 0. The molecule has 0 aliphatic carbocycles. The number of carbonyl (C=O) groups excluding carboxylic acids is 1. The molecule has 16 heavy (non-hydrogen) atoms. The second-order valence-electron chi connectivity index (χ2n) is 4.30. The maximum atomic E-state index is 11.2. The summed E-state index contributed by atoms with van der Waals surface area (Å²) in [6.45, 7) is 4.02. The van der Waals surface area contributed by atoms with E-state index in [4.69, 9.17) is 5.73 Å². The first-order valence-corrected chi connectivity index (χ1v) is 5.69. The number of nitrogens with one attached hydrogen (secondary N) is 1. The van der Waals surface area contributed by atoms with Crippen molar-refractivity contribution >= 4 is 5.91 Å². The first-order valence-electron chi connectivity index (χ1n) is 5.69. The van der Waals surface area contributed by atoms with Gasteiger partial charge in [-0.25, -0.2) is 0 Å². The monoisotopic (exact) mass is 220 g/mol. The van der Waals surface area contributed by atoms with Crippen molar-refractivity contribution < 1.29 is 4.79 Å². The smallest absolute Gasteiger partial charge is 0.234 e. The molecule has 3 heteroatoms. The molecule has 3 nitrogen and oxygen atoms in total. The average Bonchev–Trinajstić information content (AvgIpc) is 2.25. The number of primary amides is 1. The quantitative estimate of drug-likeness (QED) is 0.762. The van der Waals surface area contributed by atoms with Crippen LogP contribution < -0.4 is 11.1 Å². The van der Waals surface area contributed by atoms with Crippen LogP contribution >= 0.6 is 0 Å². The van der Waals surface area contributed by atoms with E-state index in [1.807, 2.05) is 32.0 Å². The molecule has 1 atom stereocenters. The van der Waals surface area contributed by atoms with Crippen LogP contribution in [0.15, 0.2) is 30.3 Å². The Morgan fingerprint density at radius 2 is 1.94 bits per heavy atom. The third kappa shape index (κ3) is 4.45. The lowest BCUT2D eigenvalue weighted by molar-refractivity contribution is -0.120. The molecule has 0 aromatic heterocycles. The van der Waals surface area contributed by atoms with Gasteiger partial charge in [-0.3, -0.25) is 4.79 Å². The normalized spacial score (nSPS) is 12.7. The molecule has 1 aromatic carbocycles. The number of aryl methyl sites for hydroxylation is 1. The molecule has 0 aliphatic rings. The molecule has 0 aliphatic heterocycles. The van der Waals surface area contributed by atoms with E-state index >= 15 is 0 Å². The molecular formula is C13H20N2O. The second-order valence-corrected chi connectivity index (χ2v) is 4.30. The highest BCUT2D eigenvalue weighted by Crippen LogP contribution is 2.05. The predicted molar refractivity (Wildman–Crippen MR) is 66.0 cm³/mol. The molecule has 0 radical (unpaired) electrons. The van der Waals surface area contributed by atoms with Crippen molar-refractivity contribution in [2.24, 2.45) is 5.73 Å². The van der Waals surface area contributed by atoms with Crippen molar-refractivity contribution in [3.63, 3.8) is 0 Å². The zero-order valence-electron chi connectivity index (χ0n) is 9.94. The lowest BCUT2D eigenvalue weighted by Crippen LogP contribution is -2.44. The molecule has 0 bridgehead atoms. The highest BCUT2D eigenvalue weighted by atomic mass is 16.1. The van der Waals surface area contributed by atoms with E-state index in [1.54, 1.807) is 0 Å². The molecule has 88 valence electrons. The van der Waals surface area contributed by atoms with Crippen LogP contribution in [0.25, 0.3) is 0 Å². The van der Waals surface area contributed by atoms with Gasteiger partial charge in [0.1, 0.15) is 0 Å². The van der Waals surface area contributed by atoms with Gasteiger partial charge in [-0.2, -0.15) is 0 Å². The SMILES string of the molecule is CC(C)N[C@H](CCc1ccccc1)C(N)=O. The van der Waals surface area contributed by atoms with Crippen molar-refractivity contribution in [2.45, 2.75) is 38.8 Å². The van der Waals surface area contributed by atoms with Crippen LogP contribution in [-0.4, -0.2) is 18.0 Å². The second kappa shape index (κ2) is 6.28. The van der Waals surface area contributed by atoms with Gasteiger partial charge in [0.05, 0.1) is 6.04 Å². The molecule has 0 spiro atoms. The molecule has 0 saturated carbocycles. The van der Waals surface area contributed by atoms with Crippen LogP contribution in [-0.2, 0) is 11.2 Å². The van der Waals surface area contributed by atoms with Crippen LogP contribution in [0.1, 0.15) is 25.8 Å². The fraction of sp³-hybridized carbons (Fsp3) is 0.462. The van der Waals surface area contributed by atoms with Crippen LogP contribution in [0.2, 0.25) is 0 Å². The molecule has 0 heterocycles. The van der Waals surface area contributed by atoms with Crippen LogP contribution in [0, 0.1) is 0 Å². The topological polar surface area (TPSA) is 55.1 Å².